The summed E-state index contributed by atoms with van der Waals surface area (Å²) in [5, 5.41) is 0. The van der Waals surface area contributed by atoms with Crippen molar-refractivity contribution in [2.24, 2.45) is 4.99 Å². The van der Waals surface area contributed by atoms with Crippen molar-refractivity contribution in [1.29, 1.82) is 0 Å². The molecule has 0 spiro atoms. The molecule has 0 aliphatic heterocycles. The Kier molecular flexibility index (Phi) is 6.32. The summed E-state index contributed by atoms with van der Waals surface area (Å²) in [6.45, 7) is 7.88. The second kappa shape index (κ2) is 6.71. The van der Waals surface area contributed by atoms with E-state index in [2.05, 4.69) is 27.5 Å². The van der Waals surface area contributed by atoms with Gasteiger partial charge in [0, 0.05) is 6.21 Å². The third-order valence-corrected chi connectivity index (χ3v) is 2.04. The maximum absolute atomic E-state index is 5.03. The first-order chi connectivity index (χ1) is 6.11. The lowest BCUT2D eigenvalue weighted by Gasteiger charge is -2.01. The minimum Gasteiger partial charge on any atom is -0.500 e. The smallest absolute Gasteiger partial charge is 0.205 e. The molecule has 0 aromatic heterocycles. The standard InChI is InChI=1S/C9H14BrNO2/c1-5-13-8(3)11-6-9(10)7(2)12-4/h6H,3,5H2,1-2,4H3/b9-7-,11-6-. The molecule has 0 aliphatic rings. The van der Waals surface area contributed by atoms with Crippen molar-refractivity contribution >= 4 is 22.1 Å². The Morgan fingerprint density at radius 1 is 1.62 bits per heavy atom. The molecule has 74 valence electrons. The molecule has 13 heavy (non-hydrogen) atoms. The molecule has 0 amide bonds. The Hall–Kier alpha value is -0.770. The van der Waals surface area contributed by atoms with Crippen LogP contribution >= 0.6 is 15.9 Å². The number of halogens is 1. The van der Waals surface area contributed by atoms with E-state index in [-0.39, 0.29) is 0 Å². The van der Waals surface area contributed by atoms with Crippen molar-refractivity contribution in [2.45, 2.75) is 13.8 Å². The number of allylic oxidation sites excluding steroid dienone is 2. The van der Waals surface area contributed by atoms with Crippen LogP contribution in [0.4, 0.5) is 0 Å². The molecule has 0 atom stereocenters. The summed E-state index contributed by atoms with van der Waals surface area (Å²) in [6.07, 6.45) is 1.59. The quantitative estimate of drug-likeness (QED) is 0.553. The van der Waals surface area contributed by atoms with E-state index in [9.17, 15) is 0 Å². The van der Waals surface area contributed by atoms with Crippen molar-refractivity contribution in [3.8, 4) is 0 Å². The van der Waals surface area contributed by atoms with E-state index in [0.29, 0.717) is 12.5 Å². The van der Waals surface area contributed by atoms with Crippen molar-refractivity contribution in [3.05, 3.63) is 22.7 Å². The zero-order valence-electron chi connectivity index (χ0n) is 8.13. The number of methoxy groups -OCH3 is 1. The van der Waals surface area contributed by atoms with Gasteiger partial charge in [0.1, 0.15) is 5.76 Å². The largest absolute Gasteiger partial charge is 0.500 e. The van der Waals surface area contributed by atoms with Crippen molar-refractivity contribution in [1.82, 2.24) is 0 Å². The van der Waals surface area contributed by atoms with Crippen LogP contribution < -0.4 is 0 Å². The second-order valence-electron chi connectivity index (χ2n) is 2.19. The van der Waals surface area contributed by atoms with E-state index < -0.39 is 0 Å². The van der Waals surface area contributed by atoms with Gasteiger partial charge in [-0.15, -0.1) is 0 Å². The maximum atomic E-state index is 5.03. The highest BCUT2D eigenvalue weighted by molar-refractivity contribution is 9.12. The summed E-state index contributed by atoms with van der Waals surface area (Å²) in [6, 6.07) is 0. The zero-order chi connectivity index (χ0) is 10.3. The first-order valence-electron chi connectivity index (χ1n) is 3.88. The SMILES string of the molecule is C=C(/N=C\C(Br)=C(/C)OC)OCC. The van der Waals surface area contributed by atoms with Crippen LogP contribution in [-0.4, -0.2) is 19.9 Å². The minimum atomic E-state index is 0.392. The number of hydrogen-bond donors (Lipinski definition) is 0. The van der Waals surface area contributed by atoms with Crippen LogP contribution in [0.3, 0.4) is 0 Å². The fourth-order valence-electron chi connectivity index (χ4n) is 0.521. The molecule has 0 aliphatic carbocycles. The van der Waals surface area contributed by atoms with Gasteiger partial charge in [-0.1, -0.05) is 0 Å². The van der Waals surface area contributed by atoms with Gasteiger partial charge in [0.05, 0.1) is 18.2 Å². The summed E-state index contributed by atoms with van der Waals surface area (Å²) in [7, 11) is 1.60. The van der Waals surface area contributed by atoms with Crippen molar-refractivity contribution < 1.29 is 9.47 Å². The van der Waals surface area contributed by atoms with Crippen molar-refractivity contribution in [2.75, 3.05) is 13.7 Å². The monoisotopic (exact) mass is 247 g/mol. The zero-order valence-corrected chi connectivity index (χ0v) is 9.72. The van der Waals surface area contributed by atoms with Crippen LogP contribution in [0.2, 0.25) is 0 Å². The van der Waals surface area contributed by atoms with Gasteiger partial charge in [0.2, 0.25) is 5.88 Å². The third-order valence-electron chi connectivity index (χ3n) is 1.28. The highest BCUT2D eigenvalue weighted by Crippen LogP contribution is 2.10. The lowest BCUT2D eigenvalue weighted by Crippen LogP contribution is -1.89. The fourth-order valence-corrected chi connectivity index (χ4v) is 0.785. The van der Waals surface area contributed by atoms with Gasteiger partial charge in [0.25, 0.3) is 0 Å². The predicted octanol–water partition coefficient (Wildman–Crippen LogP) is 2.84. The van der Waals surface area contributed by atoms with Crippen LogP contribution in [0, 0.1) is 0 Å². The minimum absolute atomic E-state index is 0.392. The molecule has 0 aromatic carbocycles. The topological polar surface area (TPSA) is 30.8 Å². The Balaban J connectivity index is 4.19. The highest BCUT2D eigenvalue weighted by atomic mass is 79.9. The molecule has 0 fully saturated rings. The molecule has 0 radical (unpaired) electrons. The first kappa shape index (κ1) is 12.2. The lowest BCUT2D eigenvalue weighted by atomic mass is 10.5. The van der Waals surface area contributed by atoms with Crippen LogP contribution in [0.25, 0.3) is 0 Å². The average molecular weight is 248 g/mol. The van der Waals surface area contributed by atoms with E-state index in [1.807, 2.05) is 13.8 Å². The summed E-state index contributed by atoms with van der Waals surface area (Å²) in [5.74, 6) is 1.15. The van der Waals surface area contributed by atoms with Gasteiger partial charge in [-0.2, -0.15) is 0 Å². The molecule has 0 aromatic rings. The Bertz CT molecular complexity index is 234. The Morgan fingerprint density at radius 3 is 2.69 bits per heavy atom. The van der Waals surface area contributed by atoms with Gasteiger partial charge >= 0.3 is 0 Å². The van der Waals surface area contributed by atoms with E-state index in [0.717, 1.165) is 10.2 Å². The number of ether oxygens (including phenoxy) is 2. The van der Waals surface area contributed by atoms with E-state index in [4.69, 9.17) is 9.47 Å². The summed E-state index contributed by atoms with van der Waals surface area (Å²) in [4.78, 5) is 3.96. The lowest BCUT2D eigenvalue weighted by molar-refractivity contribution is 0.229. The van der Waals surface area contributed by atoms with Gasteiger partial charge in [-0.3, -0.25) is 0 Å². The van der Waals surface area contributed by atoms with Crippen LogP contribution in [0.1, 0.15) is 13.8 Å². The number of aliphatic imine (C=N–C) groups is 1. The van der Waals surface area contributed by atoms with Gasteiger partial charge in [0.15, 0.2) is 0 Å². The van der Waals surface area contributed by atoms with Gasteiger partial charge in [-0.05, 0) is 36.4 Å². The van der Waals surface area contributed by atoms with Crippen LogP contribution in [0.15, 0.2) is 27.7 Å². The van der Waals surface area contributed by atoms with Crippen molar-refractivity contribution in [3.63, 3.8) is 0 Å². The normalized spacial score (nSPS) is 12.6. The molecule has 0 saturated heterocycles. The molecule has 0 heterocycles. The molecule has 0 rings (SSSR count). The molecular weight excluding hydrogens is 234 g/mol. The summed E-state index contributed by atoms with van der Waals surface area (Å²) >= 11 is 3.29. The second-order valence-corrected chi connectivity index (χ2v) is 3.05. The number of rotatable bonds is 5. The first-order valence-corrected chi connectivity index (χ1v) is 4.67. The molecule has 3 nitrogen and oxygen atoms in total. The molecule has 0 unspecified atom stereocenters. The molecular formula is C9H14BrNO2. The van der Waals surface area contributed by atoms with E-state index >= 15 is 0 Å². The molecule has 0 bridgehead atoms. The molecule has 4 heteroatoms. The average Bonchev–Trinajstić information content (AvgIpc) is 2.13. The predicted molar refractivity (Wildman–Crippen MR) is 57.9 cm³/mol. The maximum Gasteiger partial charge on any atom is 0.205 e. The third kappa shape index (κ3) is 5.47. The van der Waals surface area contributed by atoms with E-state index in [1.165, 1.54) is 0 Å². The van der Waals surface area contributed by atoms with Crippen LogP contribution in [-0.2, 0) is 9.47 Å². The molecule has 0 N–H and O–H groups in total. The highest BCUT2D eigenvalue weighted by Gasteiger charge is 1.94. The van der Waals surface area contributed by atoms with Gasteiger partial charge < -0.3 is 9.47 Å². The van der Waals surface area contributed by atoms with Gasteiger partial charge in [-0.25, -0.2) is 4.99 Å². The summed E-state index contributed by atoms with van der Waals surface area (Å²) in [5.41, 5.74) is 0. The van der Waals surface area contributed by atoms with Crippen LogP contribution in [0.5, 0.6) is 0 Å². The van der Waals surface area contributed by atoms with E-state index in [1.54, 1.807) is 13.3 Å². The Morgan fingerprint density at radius 2 is 2.23 bits per heavy atom. The number of hydrogen-bond acceptors (Lipinski definition) is 3. The Labute approximate surface area is 87.3 Å². The molecule has 0 saturated carbocycles. The number of nitrogens with zero attached hydrogens (tertiary/aromatic N) is 1. The fraction of sp³-hybridized carbons (Fsp3) is 0.444. The summed E-state index contributed by atoms with van der Waals surface area (Å²) < 4.78 is 10.8.